The van der Waals surface area contributed by atoms with Crippen molar-refractivity contribution in [1.29, 1.82) is 0 Å². The zero-order valence-electron chi connectivity index (χ0n) is 11.3. The number of nitrogen functional groups attached to an aromatic ring is 1. The Bertz CT molecular complexity index is 360. The molecule has 0 saturated heterocycles. The molecular weight excluding hydrogens is 228 g/mol. The average molecular weight is 252 g/mol. The number of hydrogen-bond donors (Lipinski definition) is 3. The molecular formula is C13H24N4O. The third-order valence-corrected chi connectivity index (χ3v) is 2.89. The quantitative estimate of drug-likeness (QED) is 0.621. The number of nitrogens with one attached hydrogen (secondary N) is 2. The number of amides is 1. The van der Waals surface area contributed by atoms with Crippen molar-refractivity contribution in [2.45, 2.75) is 46.0 Å². The summed E-state index contributed by atoms with van der Waals surface area (Å²) < 4.78 is 0. The number of anilines is 1. The number of carbonyl (C=O) groups excluding carboxylic acids is 1. The maximum Gasteiger partial charge on any atom is 0.271 e. The van der Waals surface area contributed by atoms with Gasteiger partial charge in [-0.05, 0) is 12.3 Å². The van der Waals surface area contributed by atoms with E-state index in [1.54, 1.807) is 0 Å². The average Bonchev–Trinajstić information content (AvgIpc) is 2.73. The number of aromatic amines is 1. The van der Waals surface area contributed by atoms with Gasteiger partial charge in [0.15, 0.2) is 0 Å². The molecule has 0 radical (unpaired) electrons. The lowest BCUT2D eigenvalue weighted by Crippen LogP contribution is -2.25. The van der Waals surface area contributed by atoms with E-state index in [-0.39, 0.29) is 5.91 Å². The Balaban J connectivity index is 2.05. The molecule has 0 aromatic carbocycles. The molecule has 5 heteroatoms. The highest BCUT2D eigenvalue weighted by molar-refractivity contribution is 5.96. The Morgan fingerprint density at radius 3 is 2.72 bits per heavy atom. The van der Waals surface area contributed by atoms with E-state index in [2.05, 4.69) is 29.4 Å². The van der Waals surface area contributed by atoms with Gasteiger partial charge in [-0.25, -0.2) is 0 Å². The molecule has 0 atom stereocenters. The number of nitrogens with zero attached hydrogens (tertiary/aromatic N) is 1. The second-order valence-corrected chi connectivity index (χ2v) is 5.05. The number of aromatic nitrogens is 2. The molecule has 18 heavy (non-hydrogen) atoms. The van der Waals surface area contributed by atoms with Crippen molar-refractivity contribution in [3.63, 3.8) is 0 Å². The van der Waals surface area contributed by atoms with Crippen molar-refractivity contribution < 1.29 is 4.79 Å². The van der Waals surface area contributed by atoms with Crippen LogP contribution in [0.25, 0.3) is 0 Å². The van der Waals surface area contributed by atoms with Crippen molar-refractivity contribution in [1.82, 2.24) is 15.5 Å². The number of unbranched alkanes of at least 4 members (excludes halogenated alkanes) is 3. The van der Waals surface area contributed by atoms with Crippen LogP contribution in [0.15, 0.2) is 6.20 Å². The summed E-state index contributed by atoms with van der Waals surface area (Å²) in [5.74, 6) is 0.611. The van der Waals surface area contributed by atoms with Gasteiger partial charge in [0.2, 0.25) is 0 Å². The molecule has 0 aliphatic rings. The van der Waals surface area contributed by atoms with Crippen molar-refractivity contribution in [3.8, 4) is 0 Å². The smallest absolute Gasteiger partial charge is 0.271 e. The van der Waals surface area contributed by atoms with E-state index in [0.717, 1.165) is 18.8 Å². The van der Waals surface area contributed by atoms with E-state index < -0.39 is 0 Å². The summed E-state index contributed by atoms with van der Waals surface area (Å²) in [7, 11) is 0. The summed E-state index contributed by atoms with van der Waals surface area (Å²) in [4.78, 5) is 11.6. The lowest BCUT2D eigenvalue weighted by Gasteiger charge is -2.05. The lowest BCUT2D eigenvalue weighted by molar-refractivity contribution is 0.0949. The molecule has 1 rings (SSSR count). The van der Waals surface area contributed by atoms with Crippen LogP contribution in [0.1, 0.15) is 56.4 Å². The van der Waals surface area contributed by atoms with Crippen LogP contribution in [-0.2, 0) is 0 Å². The SMILES string of the molecule is CC(C)CCCCCCNC(=O)c1[nH]ncc1N. The van der Waals surface area contributed by atoms with Crippen LogP contribution in [0.2, 0.25) is 0 Å². The molecule has 0 unspecified atom stereocenters. The molecule has 0 spiro atoms. The van der Waals surface area contributed by atoms with Crippen LogP contribution in [-0.4, -0.2) is 22.6 Å². The van der Waals surface area contributed by atoms with E-state index in [0.29, 0.717) is 17.9 Å². The summed E-state index contributed by atoms with van der Waals surface area (Å²) in [5, 5.41) is 9.14. The Morgan fingerprint density at radius 1 is 1.39 bits per heavy atom. The third-order valence-electron chi connectivity index (χ3n) is 2.89. The Labute approximate surface area is 109 Å². The molecule has 0 fully saturated rings. The fourth-order valence-electron chi connectivity index (χ4n) is 1.80. The van der Waals surface area contributed by atoms with Gasteiger partial charge in [-0.15, -0.1) is 0 Å². The maximum absolute atomic E-state index is 11.6. The molecule has 5 nitrogen and oxygen atoms in total. The topological polar surface area (TPSA) is 83.8 Å². The van der Waals surface area contributed by atoms with Crippen LogP contribution < -0.4 is 11.1 Å². The second-order valence-electron chi connectivity index (χ2n) is 5.05. The van der Waals surface area contributed by atoms with E-state index in [9.17, 15) is 4.79 Å². The lowest BCUT2D eigenvalue weighted by atomic mass is 10.0. The zero-order valence-corrected chi connectivity index (χ0v) is 11.3. The minimum absolute atomic E-state index is 0.174. The Hall–Kier alpha value is -1.52. The third kappa shape index (κ3) is 5.21. The van der Waals surface area contributed by atoms with Crippen LogP contribution in [0, 0.1) is 5.92 Å². The second kappa shape index (κ2) is 7.74. The molecule has 1 heterocycles. The van der Waals surface area contributed by atoms with Gasteiger partial charge in [0.1, 0.15) is 5.69 Å². The van der Waals surface area contributed by atoms with Crippen molar-refractivity contribution >= 4 is 11.6 Å². The highest BCUT2D eigenvalue weighted by Gasteiger charge is 2.10. The van der Waals surface area contributed by atoms with Crippen molar-refractivity contribution in [3.05, 3.63) is 11.9 Å². The minimum Gasteiger partial charge on any atom is -0.396 e. The predicted molar refractivity (Wildman–Crippen MR) is 73.3 cm³/mol. The molecule has 4 N–H and O–H groups in total. The molecule has 0 aliphatic carbocycles. The summed E-state index contributed by atoms with van der Waals surface area (Å²) >= 11 is 0. The normalized spacial score (nSPS) is 10.8. The van der Waals surface area contributed by atoms with Gasteiger partial charge in [0.05, 0.1) is 11.9 Å². The Kier molecular flexibility index (Phi) is 6.25. The first-order valence-electron chi connectivity index (χ1n) is 6.68. The first-order valence-corrected chi connectivity index (χ1v) is 6.68. The minimum atomic E-state index is -0.174. The molecule has 0 bridgehead atoms. The largest absolute Gasteiger partial charge is 0.396 e. The number of H-pyrrole nitrogens is 1. The number of nitrogens with two attached hydrogens (primary N) is 1. The fraction of sp³-hybridized carbons (Fsp3) is 0.692. The summed E-state index contributed by atoms with van der Waals surface area (Å²) in [6.45, 7) is 5.18. The number of carbonyl (C=O) groups is 1. The van der Waals surface area contributed by atoms with Gasteiger partial charge in [0, 0.05) is 6.54 Å². The number of rotatable bonds is 8. The van der Waals surface area contributed by atoms with E-state index in [1.807, 2.05) is 0 Å². The van der Waals surface area contributed by atoms with Gasteiger partial charge in [0.25, 0.3) is 5.91 Å². The van der Waals surface area contributed by atoms with Crippen LogP contribution in [0.5, 0.6) is 0 Å². The molecule has 1 amide bonds. The molecule has 102 valence electrons. The van der Waals surface area contributed by atoms with Gasteiger partial charge in [-0.2, -0.15) is 5.10 Å². The molecule has 0 aliphatic heterocycles. The van der Waals surface area contributed by atoms with Gasteiger partial charge < -0.3 is 11.1 Å². The van der Waals surface area contributed by atoms with Crippen molar-refractivity contribution in [2.75, 3.05) is 12.3 Å². The molecule has 0 saturated carbocycles. The van der Waals surface area contributed by atoms with Crippen molar-refractivity contribution in [2.24, 2.45) is 5.92 Å². The summed E-state index contributed by atoms with van der Waals surface area (Å²) in [6.07, 6.45) is 7.42. The molecule has 1 aromatic heterocycles. The van der Waals surface area contributed by atoms with E-state index in [4.69, 9.17) is 5.73 Å². The Morgan fingerprint density at radius 2 is 2.11 bits per heavy atom. The van der Waals surface area contributed by atoms with Gasteiger partial charge >= 0.3 is 0 Å². The summed E-state index contributed by atoms with van der Waals surface area (Å²) in [5.41, 5.74) is 6.33. The van der Waals surface area contributed by atoms with E-state index >= 15 is 0 Å². The maximum atomic E-state index is 11.6. The highest BCUT2D eigenvalue weighted by Crippen LogP contribution is 2.09. The zero-order chi connectivity index (χ0) is 13.4. The highest BCUT2D eigenvalue weighted by atomic mass is 16.1. The van der Waals surface area contributed by atoms with Crippen LogP contribution in [0.3, 0.4) is 0 Å². The number of hydrogen-bond acceptors (Lipinski definition) is 3. The fourth-order valence-corrected chi connectivity index (χ4v) is 1.80. The standard InChI is InChI=1S/C13H24N4O/c1-10(2)7-5-3-4-6-8-15-13(18)12-11(14)9-16-17-12/h9-10H,3-8,14H2,1-2H3,(H,15,18)(H,16,17). The first kappa shape index (κ1) is 14.5. The first-order chi connectivity index (χ1) is 8.61. The van der Waals surface area contributed by atoms with E-state index in [1.165, 1.54) is 25.5 Å². The van der Waals surface area contributed by atoms with Crippen LogP contribution in [0.4, 0.5) is 5.69 Å². The monoisotopic (exact) mass is 252 g/mol. The van der Waals surface area contributed by atoms with Gasteiger partial charge in [-0.1, -0.05) is 39.5 Å². The predicted octanol–water partition coefficient (Wildman–Crippen LogP) is 2.33. The molecule has 1 aromatic rings. The van der Waals surface area contributed by atoms with Gasteiger partial charge in [-0.3, -0.25) is 9.89 Å². The van der Waals surface area contributed by atoms with Crippen LogP contribution >= 0.6 is 0 Å². The summed E-state index contributed by atoms with van der Waals surface area (Å²) in [6, 6.07) is 0.